The molecule has 0 radical (unpaired) electrons. The smallest absolute Gasteiger partial charge is 0.0665 e. The van der Waals surface area contributed by atoms with E-state index in [9.17, 15) is 0 Å². The fourth-order valence-corrected chi connectivity index (χ4v) is 3.17. The van der Waals surface area contributed by atoms with Gasteiger partial charge in [0, 0.05) is 11.9 Å². The number of rotatable bonds is 1. The Labute approximate surface area is 70.3 Å². The topological polar surface area (TPSA) is 9.23 Å². The summed E-state index contributed by atoms with van der Waals surface area (Å²) in [4.78, 5) is 0. The molecule has 0 N–H and O–H groups in total. The molecule has 10 heavy (non-hydrogen) atoms. The predicted octanol–water partition coefficient (Wildman–Crippen LogP) is 2.34. The molecule has 1 aliphatic carbocycles. The fourth-order valence-electron chi connectivity index (χ4n) is 2.49. The Kier molecular flexibility index (Phi) is 1.41. The molecular formula is C8H13BrO. The van der Waals surface area contributed by atoms with Gasteiger partial charge >= 0.3 is 0 Å². The Hall–Kier alpha value is 0.440. The molecule has 2 aliphatic heterocycles. The van der Waals surface area contributed by atoms with Gasteiger partial charge in [0.1, 0.15) is 0 Å². The van der Waals surface area contributed by atoms with Crippen molar-refractivity contribution in [1.29, 1.82) is 0 Å². The molecule has 3 rings (SSSR count). The standard InChI is InChI=1S/C8H13BrO/c1-7-4-8(5-7,6-9)2-3-10-7/h2-6H2,1H3. The third-order valence-corrected chi connectivity index (χ3v) is 4.05. The van der Waals surface area contributed by atoms with Gasteiger partial charge in [-0.1, -0.05) is 15.9 Å². The summed E-state index contributed by atoms with van der Waals surface area (Å²) in [6.45, 7) is 3.20. The van der Waals surface area contributed by atoms with Gasteiger partial charge in [0.2, 0.25) is 0 Å². The van der Waals surface area contributed by atoms with Crippen molar-refractivity contribution in [1.82, 2.24) is 0 Å². The van der Waals surface area contributed by atoms with E-state index < -0.39 is 0 Å². The summed E-state index contributed by atoms with van der Waals surface area (Å²) in [7, 11) is 0. The lowest BCUT2D eigenvalue weighted by molar-refractivity contribution is -0.205. The van der Waals surface area contributed by atoms with Crippen LogP contribution in [0, 0.1) is 5.41 Å². The number of hydrogen-bond donors (Lipinski definition) is 0. The van der Waals surface area contributed by atoms with Crippen molar-refractivity contribution in [2.75, 3.05) is 11.9 Å². The molecule has 2 saturated heterocycles. The zero-order valence-electron chi connectivity index (χ0n) is 6.32. The van der Waals surface area contributed by atoms with Crippen LogP contribution in [0.25, 0.3) is 0 Å². The molecular weight excluding hydrogens is 192 g/mol. The Morgan fingerprint density at radius 1 is 1.50 bits per heavy atom. The summed E-state index contributed by atoms with van der Waals surface area (Å²) in [6.07, 6.45) is 3.80. The average Bonchev–Trinajstić information content (AvgIpc) is 1.86. The van der Waals surface area contributed by atoms with Crippen molar-refractivity contribution >= 4 is 15.9 Å². The first-order valence-corrected chi connectivity index (χ1v) is 5.00. The average molecular weight is 205 g/mol. The Bertz CT molecular complexity index is 149. The van der Waals surface area contributed by atoms with Crippen molar-refractivity contribution < 1.29 is 4.74 Å². The molecule has 2 heteroatoms. The quantitative estimate of drug-likeness (QED) is 0.597. The van der Waals surface area contributed by atoms with Crippen LogP contribution in [0.2, 0.25) is 0 Å². The maximum absolute atomic E-state index is 5.64. The minimum atomic E-state index is 0.256. The van der Waals surface area contributed by atoms with Crippen molar-refractivity contribution in [3.63, 3.8) is 0 Å². The number of ether oxygens (including phenoxy) is 1. The highest BCUT2D eigenvalue weighted by atomic mass is 79.9. The van der Waals surface area contributed by atoms with Gasteiger partial charge in [0.05, 0.1) is 5.60 Å². The highest BCUT2D eigenvalue weighted by Gasteiger charge is 2.54. The van der Waals surface area contributed by atoms with Gasteiger partial charge in [-0.15, -0.1) is 0 Å². The number of fused-ring (bicyclic) bond motifs is 2. The van der Waals surface area contributed by atoms with E-state index in [1.165, 1.54) is 24.6 Å². The van der Waals surface area contributed by atoms with E-state index in [2.05, 4.69) is 22.9 Å². The van der Waals surface area contributed by atoms with Crippen LogP contribution in [0.4, 0.5) is 0 Å². The largest absolute Gasteiger partial charge is 0.375 e. The second-order valence-electron chi connectivity index (χ2n) is 4.04. The minimum Gasteiger partial charge on any atom is -0.375 e. The van der Waals surface area contributed by atoms with E-state index in [4.69, 9.17) is 4.74 Å². The lowest BCUT2D eigenvalue weighted by atomic mass is 9.58. The molecule has 3 aliphatic rings. The summed E-state index contributed by atoms with van der Waals surface area (Å²) in [5.74, 6) is 0. The lowest BCUT2D eigenvalue weighted by Crippen LogP contribution is -2.57. The normalized spacial score (nSPS) is 52.2. The van der Waals surface area contributed by atoms with Crippen molar-refractivity contribution in [2.24, 2.45) is 5.41 Å². The third-order valence-electron chi connectivity index (χ3n) is 2.86. The molecule has 0 amide bonds. The van der Waals surface area contributed by atoms with Crippen LogP contribution in [0.15, 0.2) is 0 Å². The SMILES string of the molecule is CC12CC(CBr)(CCO1)C2. The highest BCUT2D eigenvalue weighted by molar-refractivity contribution is 9.09. The van der Waals surface area contributed by atoms with Crippen LogP contribution in [-0.4, -0.2) is 17.5 Å². The molecule has 3 fully saturated rings. The van der Waals surface area contributed by atoms with E-state index >= 15 is 0 Å². The first-order chi connectivity index (χ1) is 4.68. The Balaban J connectivity index is 2.08. The van der Waals surface area contributed by atoms with Gasteiger partial charge in [-0.25, -0.2) is 0 Å². The van der Waals surface area contributed by atoms with Crippen molar-refractivity contribution in [2.45, 2.75) is 31.8 Å². The van der Waals surface area contributed by atoms with Gasteiger partial charge in [0.15, 0.2) is 0 Å². The molecule has 0 aromatic heterocycles. The van der Waals surface area contributed by atoms with Gasteiger partial charge in [-0.2, -0.15) is 0 Å². The molecule has 1 saturated carbocycles. The molecule has 0 aromatic carbocycles. The van der Waals surface area contributed by atoms with E-state index in [1.54, 1.807) is 0 Å². The monoisotopic (exact) mass is 204 g/mol. The fraction of sp³-hybridized carbons (Fsp3) is 1.00. The number of hydrogen-bond acceptors (Lipinski definition) is 1. The molecule has 2 heterocycles. The van der Waals surface area contributed by atoms with Crippen LogP contribution < -0.4 is 0 Å². The summed E-state index contributed by atoms with van der Waals surface area (Å²) in [6, 6.07) is 0. The van der Waals surface area contributed by atoms with E-state index in [1.807, 2.05) is 0 Å². The summed E-state index contributed by atoms with van der Waals surface area (Å²) >= 11 is 3.57. The lowest BCUT2D eigenvalue weighted by Gasteiger charge is -2.58. The molecule has 0 atom stereocenters. The van der Waals surface area contributed by atoms with Crippen LogP contribution in [0.5, 0.6) is 0 Å². The minimum absolute atomic E-state index is 0.256. The predicted molar refractivity (Wildman–Crippen MR) is 44.4 cm³/mol. The first-order valence-electron chi connectivity index (χ1n) is 3.88. The first kappa shape index (κ1) is 7.11. The number of halogens is 1. The zero-order chi connectivity index (χ0) is 7.24. The van der Waals surface area contributed by atoms with Gasteiger partial charge < -0.3 is 4.74 Å². The maximum atomic E-state index is 5.64. The van der Waals surface area contributed by atoms with E-state index in [0.29, 0.717) is 5.41 Å². The van der Waals surface area contributed by atoms with Crippen molar-refractivity contribution in [3.8, 4) is 0 Å². The van der Waals surface area contributed by atoms with E-state index in [-0.39, 0.29) is 5.60 Å². The second kappa shape index (κ2) is 1.98. The van der Waals surface area contributed by atoms with Gasteiger partial charge in [0.25, 0.3) is 0 Å². The summed E-state index contributed by atoms with van der Waals surface area (Å²) in [5, 5.41) is 1.17. The van der Waals surface area contributed by atoms with Crippen LogP contribution in [0.3, 0.4) is 0 Å². The highest BCUT2D eigenvalue weighted by Crippen LogP contribution is 2.56. The van der Waals surface area contributed by atoms with Crippen LogP contribution in [-0.2, 0) is 4.74 Å². The maximum Gasteiger partial charge on any atom is 0.0665 e. The summed E-state index contributed by atoms with van der Waals surface area (Å²) in [5.41, 5.74) is 0.874. The second-order valence-corrected chi connectivity index (χ2v) is 4.60. The molecule has 58 valence electrons. The zero-order valence-corrected chi connectivity index (χ0v) is 7.91. The number of alkyl halides is 1. The Morgan fingerprint density at radius 3 is 2.60 bits per heavy atom. The summed E-state index contributed by atoms with van der Waals surface area (Å²) < 4.78 is 5.64. The molecule has 0 spiro atoms. The van der Waals surface area contributed by atoms with Gasteiger partial charge in [-0.05, 0) is 31.6 Å². The molecule has 0 unspecified atom stereocenters. The van der Waals surface area contributed by atoms with Crippen LogP contribution >= 0.6 is 15.9 Å². The third kappa shape index (κ3) is 0.850. The van der Waals surface area contributed by atoms with Gasteiger partial charge in [-0.3, -0.25) is 0 Å². The molecule has 2 bridgehead atoms. The molecule has 1 nitrogen and oxygen atoms in total. The van der Waals surface area contributed by atoms with Crippen LogP contribution in [0.1, 0.15) is 26.2 Å². The van der Waals surface area contributed by atoms with E-state index in [0.717, 1.165) is 6.61 Å². The molecule has 0 aromatic rings. The Morgan fingerprint density at radius 2 is 2.20 bits per heavy atom. The van der Waals surface area contributed by atoms with Crippen molar-refractivity contribution in [3.05, 3.63) is 0 Å².